The number of carbonyl (C=O) groups is 4. The zero-order valence-electron chi connectivity index (χ0n) is 21.6. The highest BCUT2D eigenvalue weighted by Gasteiger charge is 2.21. The summed E-state index contributed by atoms with van der Waals surface area (Å²) in [4.78, 5) is 48.0. The Hall–Kier alpha value is -4.08. The molecule has 40 heavy (non-hydrogen) atoms. The summed E-state index contributed by atoms with van der Waals surface area (Å²) in [5.74, 6) is -2.86. The van der Waals surface area contributed by atoms with Gasteiger partial charge in [0.25, 0.3) is 0 Å². The number of rotatable bonds is 13. The van der Waals surface area contributed by atoms with Crippen molar-refractivity contribution in [2.24, 2.45) is 0 Å². The summed E-state index contributed by atoms with van der Waals surface area (Å²) in [6, 6.07) is 21.4. The quantitative estimate of drug-likeness (QED) is 0.190. The van der Waals surface area contributed by atoms with Gasteiger partial charge in [-0.2, -0.15) is 0 Å². The van der Waals surface area contributed by atoms with Crippen molar-refractivity contribution in [3.63, 3.8) is 0 Å². The minimum Gasteiger partial charge on any atom is -0.481 e. The second-order valence-electron chi connectivity index (χ2n) is 8.91. The van der Waals surface area contributed by atoms with E-state index >= 15 is 0 Å². The molecule has 3 aromatic rings. The standard InChI is InChI=1S/C29H30Cl2N4O5/c30-23-13-12-22(25(31)15-23)16-35-29(40)32-14-4-7-26(36)34-18-27(37)33-17-24(28(38)39)21-10-8-20(9-11-21)19-5-2-1-3-6-19/h1-3,5-6,8-13,15,24H,4,7,14,16-18H2,(H,33,37)(H,34,36)(H,38,39)(H2,32,35,40). The second-order valence-corrected chi connectivity index (χ2v) is 9.75. The van der Waals surface area contributed by atoms with Gasteiger partial charge in [0.15, 0.2) is 0 Å². The number of carbonyl (C=O) groups excluding carboxylic acids is 3. The highest BCUT2D eigenvalue weighted by Crippen LogP contribution is 2.23. The van der Waals surface area contributed by atoms with Gasteiger partial charge in [0.1, 0.15) is 0 Å². The molecular formula is C29H30Cl2N4O5. The van der Waals surface area contributed by atoms with Crippen molar-refractivity contribution in [3.05, 3.63) is 94.0 Å². The molecule has 0 aliphatic rings. The molecule has 0 bridgehead atoms. The molecule has 0 saturated carbocycles. The highest BCUT2D eigenvalue weighted by molar-refractivity contribution is 6.35. The van der Waals surface area contributed by atoms with Crippen molar-refractivity contribution in [2.75, 3.05) is 19.6 Å². The molecule has 1 atom stereocenters. The fraction of sp³-hybridized carbons (Fsp3) is 0.241. The van der Waals surface area contributed by atoms with Crippen molar-refractivity contribution >= 4 is 47.0 Å². The van der Waals surface area contributed by atoms with Crippen LogP contribution in [-0.4, -0.2) is 48.6 Å². The Bertz CT molecular complexity index is 1320. The van der Waals surface area contributed by atoms with Gasteiger partial charge in [-0.25, -0.2) is 4.79 Å². The molecule has 0 saturated heterocycles. The predicted molar refractivity (Wildman–Crippen MR) is 154 cm³/mol. The van der Waals surface area contributed by atoms with Crippen LogP contribution in [0.3, 0.4) is 0 Å². The van der Waals surface area contributed by atoms with Crippen LogP contribution in [0.1, 0.15) is 29.9 Å². The Morgan fingerprint density at radius 3 is 2.15 bits per heavy atom. The van der Waals surface area contributed by atoms with Gasteiger partial charge in [-0.15, -0.1) is 0 Å². The van der Waals surface area contributed by atoms with Crippen LogP contribution in [0.4, 0.5) is 4.79 Å². The third-order valence-electron chi connectivity index (χ3n) is 5.99. The molecule has 0 spiro atoms. The number of benzene rings is 3. The van der Waals surface area contributed by atoms with E-state index in [-0.39, 0.29) is 38.5 Å². The Balaban J connectivity index is 1.32. The maximum Gasteiger partial charge on any atom is 0.315 e. The van der Waals surface area contributed by atoms with E-state index in [0.717, 1.165) is 16.7 Å². The van der Waals surface area contributed by atoms with Gasteiger partial charge in [-0.05, 0) is 40.8 Å². The number of nitrogens with one attached hydrogen (secondary N) is 4. The van der Waals surface area contributed by atoms with Crippen molar-refractivity contribution in [3.8, 4) is 11.1 Å². The van der Waals surface area contributed by atoms with Crippen LogP contribution in [0.5, 0.6) is 0 Å². The normalized spacial score (nSPS) is 11.2. The Kier molecular flexibility index (Phi) is 11.8. The van der Waals surface area contributed by atoms with Crippen LogP contribution < -0.4 is 21.3 Å². The van der Waals surface area contributed by atoms with E-state index in [1.54, 1.807) is 30.3 Å². The monoisotopic (exact) mass is 584 g/mol. The summed E-state index contributed by atoms with van der Waals surface area (Å²) in [5.41, 5.74) is 3.25. The first-order chi connectivity index (χ1) is 19.2. The van der Waals surface area contributed by atoms with Crippen LogP contribution >= 0.6 is 23.2 Å². The minimum atomic E-state index is -1.07. The number of aliphatic carboxylic acids is 1. The molecule has 1 unspecified atom stereocenters. The minimum absolute atomic E-state index is 0.0993. The predicted octanol–water partition coefficient (Wildman–Crippen LogP) is 4.34. The number of carboxylic acid groups (broad SMARTS) is 1. The topological polar surface area (TPSA) is 137 Å². The lowest BCUT2D eigenvalue weighted by molar-refractivity contribution is -0.138. The third-order valence-corrected chi connectivity index (χ3v) is 6.58. The molecule has 0 aliphatic carbocycles. The van der Waals surface area contributed by atoms with Gasteiger partial charge in [0.2, 0.25) is 11.8 Å². The zero-order chi connectivity index (χ0) is 28.9. The summed E-state index contributed by atoms with van der Waals surface area (Å²) in [6.07, 6.45) is 0.463. The van der Waals surface area contributed by atoms with Gasteiger partial charge in [-0.3, -0.25) is 14.4 Å². The molecule has 3 rings (SSSR count). The summed E-state index contributed by atoms with van der Waals surface area (Å²) in [5, 5.41) is 21.0. The van der Waals surface area contributed by atoms with E-state index in [1.807, 2.05) is 42.5 Å². The molecular weight excluding hydrogens is 555 g/mol. The van der Waals surface area contributed by atoms with Crippen LogP contribution in [0.15, 0.2) is 72.8 Å². The van der Waals surface area contributed by atoms with E-state index < -0.39 is 23.8 Å². The third kappa shape index (κ3) is 9.91. The molecule has 0 aromatic heterocycles. The maximum absolute atomic E-state index is 12.2. The van der Waals surface area contributed by atoms with E-state index in [1.165, 1.54) is 0 Å². The fourth-order valence-corrected chi connectivity index (χ4v) is 4.26. The molecule has 3 aromatic carbocycles. The Labute approximate surface area is 242 Å². The first kappa shape index (κ1) is 30.5. The van der Waals surface area contributed by atoms with E-state index in [0.29, 0.717) is 22.0 Å². The number of urea groups is 1. The van der Waals surface area contributed by atoms with E-state index in [4.69, 9.17) is 23.2 Å². The summed E-state index contributed by atoms with van der Waals surface area (Å²) < 4.78 is 0. The maximum atomic E-state index is 12.2. The van der Waals surface area contributed by atoms with Crippen molar-refractivity contribution in [1.82, 2.24) is 21.3 Å². The lowest BCUT2D eigenvalue weighted by Gasteiger charge is -2.15. The Morgan fingerprint density at radius 1 is 0.775 bits per heavy atom. The fourth-order valence-electron chi connectivity index (χ4n) is 3.79. The lowest BCUT2D eigenvalue weighted by Crippen LogP contribution is -2.40. The van der Waals surface area contributed by atoms with Crippen molar-refractivity contribution in [1.29, 1.82) is 0 Å². The van der Waals surface area contributed by atoms with Crippen LogP contribution in [0.2, 0.25) is 10.0 Å². The first-order valence-electron chi connectivity index (χ1n) is 12.6. The van der Waals surface area contributed by atoms with Crippen molar-refractivity contribution in [2.45, 2.75) is 25.3 Å². The van der Waals surface area contributed by atoms with Gasteiger partial charge in [0.05, 0.1) is 12.5 Å². The van der Waals surface area contributed by atoms with Crippen molar-refractivity contribution < 1.29 is 24.3 Å². The number of hydrogen-bond donors (Lipinski definition) is 5. The molecule has 9 nitrogen and oxygen atoms in total. The summed E-state index contributed by atoms with van der Waals surface area (Å²) in [7, 11) is 0. The number of amides is 4. The molecule has 0 radical (unpaired) electrons. The van der Waals surface area contributed by atoms with E-state index in [9.17, 15) is 24.3 Å². The summed E-state index contributed by atoms with van der Waals surface area (Å²) in [6.45, 7) is 0.0746. The number of carboxylic acids is 1. The van der Waals surface area contributed by atoms with Gasteiger partial charge in [-0.1, -0.05) is 83.9 Å². The first-order valence-corrected chi connectivity index (χ1v) is 13.4. The molecule has 0 fully saturated rings. The number of hydrogen-bond acceptors (Lipinski definition) is 4. The highest BCUT2D eigenvalue weighted by atomic mass is 35.5. The molecule has 0 heterocycles. The zero-order valence-corrected chi connectivity index (χ0v) is 23.1. The van der Waals surface area contributed by atoms with Crippen LogP contribution in [-0.2, 0) is 20.9 Å². The number of halogens is 2. The molecule has 210 valence electrons. The lowest BCUT2D eigenvalue weighted by atomic mass is 9.96. The van der Waals surface area contributed by atoms with Crippen LogP contribution in [0.25, 0.3) is 11.1 Å². The molecule has 5 N–H and O–H groups in total. The molecule has 0 aliphatic heterocycles. The average molecular weight is 585 g/mol. The second kappa shape index (κ2) is 15.5. The SMILES string of the molecule is O=C(CCCNC(=O)NCc1ccc(Cl)cc1Cl)NCC(=O)NCC(C(=O)O)c1ccc(-c2ccccc2)cc1. The van der Waals surface area contributed by atoms with Gasteiger partial charge < -0.3 is 26.4 Å². The smallest absolute Gasteiger partial charge is 0.315 e. The van der Waals surface area contributed by atoms with Gasteiger partial charge in [0, 0.05) is 36.1 Å². The van der Waals surface area contributed by atoms with E-state index in [2.05, 4.69) is 21.3 Å². The summed E-state index contributed by atoms with van der Waals surface area (Å²) >= 11 is 11.9. The largest absolute Gasteiger partial charge is 0.481 e. The van der Waals surface area contributed by atoms with Crippen LogP contribution in [0, 0.1) is 0 Å². The molecule has 11 heteroatoms. The molecule has 4 amide bonds. The van der Waals surface area contributed by atoms with Gasteiger partial charge >= 0.3 is 12.0 Å². The Morgan fingerprint density at radius 2 is 1.48 bits per heavy atom. The average Bonchev–Trinajstić information content (AvgIpc) is 2.94.